The first-order valence-corrected chi connectivity index (χ1v) is 11.8. The number of thiophene rings is 1. The maximum atomic E-state index is 14.2. The summed E-state index contributed by atoms with van der Waals surface area (Å²) >= 11 is 1.45. The van der Waals surface area contributed by atoms with Crippen LogP contribution >= 0.6 is 11.3 Å². The van der Waals surface area contributed by atoms with Crippen molar-refractivity contribution in [3.63, 3.8) is 0 Å². The van der Waals surface area contributed by atoms with E-state index in [1.165, 1.54) is 34.4 Å². The third-order valence-corrected chi connectivity index (χ3v) is 6.29. The van der Waals surface area contributed by atoms with Gasteiger partial charge >= 0.3 is 0 Å². The fourth-order valence-corrected chi connectivity index (χ4v) is 4.40. The predicted octanol–water partition coefficient (Wildman–Crippen LogP) is 4.92. The lowest BCUT2D eigenvalue weighted by Gasteiger charge is -2.31. The average Bonchev–Trinajstić information content (AvgIpc) is 3.39. The molecule has 2 aromatic carbocycles. The molecule has 0 bridgehead atoms. The Balaban J connectivity index is 1.68. The zero-order valence-corrected chi connectivity index (χ0v) is 19.9. The number of nitrogens with one attached hydrogen (secondary N) is 1. The van der Waals surface area contributed by atoms with E-state index in [0.29, 0.717) is 17.0 Å². The maximum Gasteiger partial charge on any atom is 0.248 e. The van der Waals surface area contributed by atoms with Gasteiger partial charge in [-0.25, -0.2) is 4.39 Å². The molecular weight excluding hydrogens is 465 g/mol. The molecule has 2 amide bonds. The van der Waals surface area contributed by atoms with Crippen LogP contribution in [-0.4, -0.2) is 23.9 Å². The standard InChI is InChI=1S/C27H24FN3O3S/c1-34-23-9-7-19(8-10-23)18-30-27(33)26(20-11-13-29-14-12-20)31(22-5-2-4-21(28)16-22)25(32)17-24-6-3-15-35-24/h2-16,26H,17-18H2,1H3,(H,30,33)/t26-/m1/s1. The van der Waals surface area contributed by atoms with Crippen LogP contribution in [-0.2, 0) is 22.6 Å². The van der Waals surface area contributed by atoms with E-state index in [1.807, 2.05) is 41.8 Å². The second-order valence-electron chi connectivity index (χ2n) is 7.75. The van der Waals surface area contributed by atoms with Crippen LogP contribution in [0.1, 0.15) is 22.0 Å². The van der Waals surface area contributed by atoms with Crippen LogP contribution in [0.3, 0.4) is 0 Å². The molecule has 0 spiro atoms. The number of nitrogens with zero attached hydrogens (tertiary/aromatic N) is 2. The summed E-state index contributed by atoms with van der Waals surface area (Å²) in [5.74, 6) is -0.495. The Bertz CT molecular complexity index is 1260. The first-order chi connectivity index (χ1) is 17.0. The number of hydrogen-bond acceptors (Lipinski definition) is 5. The molecule has 4 rings (SSSR count). The zero-order valence-electron chi connectivity index (χ0n) is 19.1. The van der Waals surface area contributed by atoms with Crippen molar-refractivity contribution in [2.75, 3.05) is 12.0 Å². The van der Waals surface area contributed by atoms with E-state index in [2.05, 4.69) is 10.3 Å². The van der Waals surface area contributed by atoms with E-state index < -0.39 is 17.8 Å². The first kappa shape index (κ1) is 24.1. The maximum absolute atomic E-state index is 14.2. The van der Waals surface area contributed by atoms with E-state index >= 15 is 0 Å². The van der Waals surface area contributed by atoms with E-state index in [9.17, 15) is 14.0 Å². The molecule has 2 heterocycles. The van der Waals surface area contributed by atoms with Gasteiger partial charge in [-0.15, -0.1) is 11.3 Å². The van der Waals surface area contributed by atoms with Crippen LogP contribution in [0.4, 0.5) is 10.1 Å². The Labute approximate surface area is 207 Å². The van der Waals surface area contributed by atoms with Crippen LogP contribution < -0.4 is 15.0 Å². The summed E-state index contributed by atoms with van der Waals surface area (Å²) in [6.45, 7) is 0.251. The molecule has 8 heteroatoms. The topological polar surface area (TPSA) is 71.5 Å². The van der Waals surface area contributed by atoms with Gasteiger partial charge in [-0.2, -0.15) is 0 Å². The highest BCUT2D eigenvalue weighted by molar-refractivity contribution is 7.10. The lowest BCUT2D eigenvalue weighted by Crippen LogP contribution is -2.44. The molecule has 35 heavy (non-hydrogen) atoms. The second kappa shape index (κ2) is 11.4. The smallest absolute Gasteiger partial charge is 0.248 e. The van der Waals surface area contributed by atoms with Crippen LogP contribution in [0, 0.1) is 5.82 Å². The van der Waals surface area contributed by atoms with Crippen molar-refractivity contribution < 1.29 is 18.7 Å². The van der Waals surface area contributed by atoms with Crippen molar-refractivity contribution in [3.05, 3.63) is 112 Å². The number of rotatable bonds is 9. The summed E-state index contributed by atoms with van der Waals surface area (Å²) in [4.78, 5) is 33.4. The Morgan fingerprint density at radius 1 is 1.06 bits per heavy atom. The molecule has 2 aromatic heterocycles. The number of aromatic nitrogens is 1. The molecule has 6 nitrogen and oxygen atoms in total. The molecule has 0 unspecified atom stereocenters. The van der Waals surface area contributed by atoms with E-state index in [1.54, 1.807) is 37.7 Å². The van der Waals surface area contributed by atoms with Gasteiger partial charge in [0.1, 0.15) is 17.6 Å². The number of benzene rings is 2. The Morgan fingerprint density at radius 2 is 1.83 bits per heavy atom. The summed E-state index contributed by atoms with van der Waals surface area (Å²) in [7, 11) is 1.59. The zero-order chi connectivity index (χ0) is 24.6. The average molecular weight is 490 g/mol. The highest BCUT2D eigenvalue weighted by Crippen LogP contribution is 2.30. The highest BCUT2D eigenvalue weighted by Gasteiger charge is 2.33. The van der Waals surface area contributed by atoms with Gasteiger partial charge in [0.05, 0.1) is 13.5 Å². The third kappa shape index (κ3) is 6.10. The molecule has 0 aliphatic heterocycles. The fourth-order valence-electron chi connectivity index (χ4n) is 3.70. The number of methoxy groups -OCH3 is 1. The van der Waals surface area contributed by atoms with Crippen molar-refractivity contribution in [1.29, 1.82) is 0 Å². The summed E-state index contributed by atoms with van der Waals surface area (Å²) in [5.41, 5.74) is 1.74. The Morgan fingerprint density at radius 3 is 2.49 bits per heavy atom. The molecule has 0 radical (unpaired) electrons. The second-order valence-corrected chi connectivity index (χ2v) is 8.78. The van der Waals surface area contributed by atoms with Gasteiger partial charge in [-0.05, 0) is 65.0 Å². The normalized spacial score (nSPS) is 11.5. The summed E-state index contributed by atoms with van der Waals surface area (Å²) in [6, 6.07) is 19.1. The Hall–Kier alpha value is -4.04. The lowest BCUT2D eigenvalue weighted by atomic mass is 10.0. The molecule has 0 aliphatic rings. The van der Waals surface area contributed by atoms with Crippen molar-refractivity contribution in [1.82, 2.24) is 10.3 Å². The van der Waals surface area contributed by atoms with Crippen LogP contribution in [0.15, 0.2) is 90.6 Å². The van der Waals surface area contributed by atoms with Gasteiger partial charge in [0.25, 0.3) is 0 Å². The molecule has 178 valence electrons. The third-order valence-electron chi connectivity index (χ3n) is 5.41. The molecule has 0 fully saturated rings. The van der Waals surface area contributed by atoms with Crippen LogP contribution in [0.5, 0.6) is 5.75 Å². The van der Waals surface area contributed by atoms with Crippen LogP contribution in [0.2, 0.25) is 0 Å². The molecule has 1 atom stereocenters. The summed E-state index contributed by atoms with van der Waals surface area (Å²) in [6.07, 6.45) is 3.21. The number of ether oxygens (including phenoxy) is 1. The molecule has 1 N–H and O–H groups in total. The van der Waals surface area contributed by atoms with Crippen molar-refractivity contribution in [3.8, 4) is 5.75 Å². The number of anilines is 1. The summed E-state index contributed by atoms with van der Waals surface area (Å²) in [5, 5.41) is 4.81. The minimum absolute atomic E-state index is 0.0848. The van der Waals surface area contributed by atoms with E-state index in [4.69, 9.17) is 4.74 Å². The van der Waals surface area contributed by atoms with Crippen molar-refractivity contribution in [2.24, 2.45) is 0 Å². The van der Waals surface area contributed by atoms with Gasteiger partial charge in [0.2, 0.25) is 11.8 Å². The molecular formula is C27H24FN3O3S. The summed E-state index contributed by atoms with van der Waals surface area (Å²) < 4.78 is 19.4. The first-order valence-electron chi connectivity index (χ1n) is 11.0. The fraction of sp³-hybridized carbons (Fsp3) is 0.148. The molecule has 0 aliphatic carbocycles. The largest absolute Gasteiger partial charge is 0.497 e. The molecule has 0 saturated heterocycles. The number of carbonyl (C=O) groups is 2. The van der Waals surface area contributed by atoms with Crippen LogP contribution in [0.25, 0.3) is 0 Å². The minimum atomic E-state index is -1.02. The molecule has 0 saturated carbocycles. The van der Waals surface area contributed by atoms with Gasteiger partial charge < -0.3 is 10.1 Å². The lowest BCUT2D eigenvalue weighted by molar-refractivity contribution is -0.126. The minimum Gasteiger partial charge on any atom is -0.497 e. The number of hydrogen-bond donors (Lipinski definition) is 1. The number of pyridine rings is 1. The predicted molar refractivity (Wildman–Crippen MR) is 134 cm³/mol. The monoisotopic (exact) mass is 489 g/mol. The number of halogens is 1. The van der Waals surface area contributed by atoms with E-state index in [0.717, 1.165) is 10.4 Å². The van der Waals surface area contributed by atoms with Crippen molar-refractivity contribution >= 4 is 28.8 Å². The SMILES string of the molecule is COc1ccc(CNC(=O)[C@@H](c2ccncc2)N(C(=O)Cc2cccs2)c2cccc(F)c2)cc1. The van der Waals surface area contributed by atoms with E-state index in [-0.39, 0.29) is 18.9 Å². The van der Waals surface area contributed by atoms with Gasteiger partial charge in [-0.1, -0.05) is 24.3 Å². The number of carbonyl (C=O) groups excluding carboxylic acids is 2. The van der Waals surface area contributed by atoms with Gasteiger partial charge in [-0.3, -0.25) is 19.5 Å². The quantitative estimate of drug-likeness (QED) is 0.362. The molecule has 4 aromatic rings. The Kier molecular flexibility index (Phi) is 7.84. The number of amides is 2. The van der Waals surface area contributed by atoms with Gasteiger partial charge in [0, 0.05) is 29.5 Å². The van der Waals surface area contributed by atoms with Crippen molar-refractivity contribution in [2.45, 2.75) is 19.0 Å². The highest BCUT2D eigenvalue weighted by atomic mass is 32.1. The van der Waals surface area contributed by atoms with Gasteiger partial charge in [0.15, 0.2) is 0 Å².